The van der Waals surface area contributed by atoms with Crippen LogP contribution in [0.3, 0.4) is 0 Å². The van der Waals surface area contributed by atoms with Crippen LogP contribution in [0.2, 0.25) is 0 Å². The van der Waals surface area contributed by atoms with E-state index in [1.165, 1.54) is 11.1 Å². The molecule has 148 valence electrons. The predicted molar refractivity (Wildman–Crippen MR) is 110 cm³/mol. The Kier molecular flexibility index (Phi) is 4.90. The van der Waals surface area contributed by atoms with E-state index in [1.54, 1.807) is 0 Å². The molecule has 2 aliphatic rings. The number of benzene rings is 2. The maximum atomic E-state index is 12.9. The first kappa shape index (κ1) is 18.1. The van der Waals surface area contributed by atoms with Gasteiger partial charge in [-0.15, -0.1) is 0 Å². The number of nitrogens with zero attached hydrogens (tertiary/aromatic N) is 2. The summed E-state index contributed by atoms with van der Waals surface area (Å²) in [6.07, 6.45) is 5.40. The van der Waals surface area contributed by atoms with Gasteiger partial charge in [-0.1, -0.05) is 60.7 Å². The number of nitrogens with one attached hydrogen (secondary N) is 1. The van der Waals surface area contributed by atoms with Gasteiger partial charge in [0.05, 0.1) is 24.8 Å². The fourth-order valence-electron chi connectivity index (χ4n) is 4.28. The monoisotopic (exact) mass is 387 g/mol. The Hall–Kier alpha value is -2.92. The molecule has 3 aromatic rings. The van der Waals surface area contributed by atoms with Crippen LogP contribution in [0.5, 0.6) is 0 Å². The van der Waals surface area contributed by atoms with Gasteiger partial charge in [0.2, 0.25) is 5.91 Å². The summed E-state index contributed by atoms with van der Waals surface area (Å²) in [7, 11) is 0. The molecule has 0 radical (unpaired) electrons. The summed E-state index contributed by atoms with van der Waals surface area (Å²) in [4.78, 5) is 12.9. The highest BCUT2D eigenvalue weighted by molar-refractivity contribution is 5.80. The largest absolute Gasteiger partial charge is 0.373 e. The van der Waals surface area contributed by atoms with Gasteiger partial charge in [-0.2, -0.15) is 5.10 Å². The maximum Gasteiger partial charge on any atom is 0.226 e. The van der Waals surface area contributed by atoms with Crippen molar-refractivity contribution in [3.05, 3.63) is 89.7 Å². The van der Waals surface area contributed by atoms with E-state index in [2.05, 4.69) is 46.8 Å². The third-order valence-electron chi connectivity index (χ3n) is 5.94. The Bertz CT molecular complexity index is 970. The molecule has 1 saturated heterocycles. The van der Waals surface area contributed by atoms with Crippen LogP contribution < -0.4 is 5.32 Å². The molecule has 2 aromatic carbocycles. The van der Waals surface area contributed by atoms with Gasteiger partial charge in [-0.05, 0) is 24.0 Å². The summed E-state index contributed by atoms with van der Waals surface area (Å²) in [5, 5.41) is 7.72. The molecule has 2 heterocycles. The molecular weight excluding hydrogens is 362 g/mol. The van der Waals surface area contributed by atoms with Gasteiger partial charge in [-0.25, -0.2) is 0 Å². The Morgan fingerprint density at radius 3 is 2.62 bits per heavy atom. The van der Waals surface area contributed by atoms with Crippen LogP contribution in [0, 0.1) is 5.92 Å². The van der Waals surface area contributed by atoms with E-state index in [9.17, 15) is 4.79 Å². The van der Waals surface area contributed by atoms with Crippen molar-refractivity contribution in [2.45, 2.75) is 37.5 Å². The van der Waals surface area contributed by atoms with Crippen LogP contribution >= 0.6 is 0 Å². The quantitative estimate of drug-likeness (QED) is 0.702. The van der Waals surface area contributed by atoms with Crippen molar-refractivity contribution < 1.29 is 9.53 Å². The van der Waals surface area contributed by atoms with Crippen LogP contribution in [0.4, 0.5) is 0 Å². The average Bonchev–Trinajstić information content (AvgIpc) is 3.14. The summed E-state index contributed by atoms with van der Waals surface area (Å²) >= 11 is 0. The number of aromatic nitrogens is 2. The van der Waals surface area contributed by atoms with Gasteiger partial charge in [0.25, 0.3) is 0 Å². The van der Waals surface area contributed by atoms with Crippen molar-refractivity contribution in [1.29, 1.82) is 0 Å². The van der Waals surface area contributed by atoms with E-state index < -0.39 is 0 Å². The molecule has 1 saturated carbocycles. The zero-order valence-corrected chi connectivity index (χ0v) is 16.3. The van der Waals surface area contributed by atoms with Crippen molar-refractivity contribution in [2.24, 2.45) is 5.92 Å². The van der Waals surface area contributed by atoms with Crippen LogP contribution in [-0.2, 0) is 16.1 Å². The van der Waals surface area contributed by atoms with Crippen molar-refractivity contribution in [1.82, 2.24) is 15.1 Å². The van der Waals surface area contributed by atoms with Gasteiger partial charge in [0.1, 0.15) is 0 Å². The molecule has 5 rings (SSSR count). The highest BCUT2D eigenvalue weighted by Gasteiger charge is 2.43. The van der Waals surface area contributed by atoms with Gasteiger partial charge in [0.15, 0.2) is 0 Å². The molecular formula is C24H25N3O2. The van der Waals surface area contributed by atoms with Crippen LogP contribution in [0.15, 0.2) is 73.1 Å². The van der Waals surface area contributed by atoms with E-state index in [4.69, 9.17) is 4.74 Å². The van der Waals surface area contributed by atoms with Crippen LogP contribution in [0.25, 0.3) is 0 Å². The smallest absolute Gasteiger partial charge is 0.226 e. The molecule has 1 amide bonds. The van der Waals surface area contributed by atoms with Crippen molar-refractivity contribution in [3.63, 3.8) is 0 Å². The summed E-state index contributed by atoms with van der Waals surface area (Å²) in [5.74, 6) is 0.391. The molecule has 2 unspecified atom stereocenters. The second-order valence-electron chi connectivity index (χ2n) is 8.01. The molecule has 2 fully saturated rings. The first-order valence-corrected chi connectivity index (χ1v) is 10.3. The van der Waals surface area contributed by atoms with Crippen LogP contribution in [0.1, 0.15) is 41.6 Å². The third-order valence-corrected chi connectivity index (χ3v) is 5.94. The molecule has 29 heavy (non-hydrogen) atoms. The Labute approximate surface area is 170 Å². The van der Waals surface area contributed by atoms with Gasteiger partial charge in [0, 0.05) is 30.3 Å². The van der Waals surface area contributed by atoms with Crippen molar-refractivity contribution in [3.8, 4) is 0 Å². The second kappa shape index (κ2) is 7.84. The lowest BCUT2D eigenvalue weighted by Gasteiger charge is -2.17. The Balaban J connectivity index is 1.22. The zero-order chi connectivity index (χ0) is 19.6. The molecule has 1 aliphatic heterocycles. The molecule has 4 atom stereocenters. The van der Waals surface area contributed by atoms with E-state index >= 15 is 0 Å². The summed E-state index contributed by atoms with van der Waals surface area (Å²) in [5.41, 5.74) is 3.48. The molecule has 0 spiro atoms. The summed E-state index contributed by atoms with van der Waals surface area (Å²) < 4.78 is 7.85. The fourth-order valence-corrected chi connectivity index (χ4v) is 4.28. The minimum atomic E-state index is -0.214. The van der Waals surface area contributed by atoms with Crippen molar-refractivity contribution >= 4 is 5.91 Å². The second-order valence-corrected chi connectivity index (χ2v) is 8.01. The number of hydrogen-bond acceptors (Lipinski definition) is 3. The summed E-state index contributed by atoms with van der Waals surface area (Å²) in [6.45, 7) is 1.32. The summed E-state index contributed by atoms with van der Waals surface area (Å²) in [6, 6.07) is 20.9. The van der Waals surface area contributed by atoms with E-state index in [-0.39, 0.29) is 24.0 Å². The SMILES string of the molecule is O=C(NC1CC1c1ccccc1)[C@H]1CCO[C@@H]1c1cnn(Cc2ccccc2)c1. The normalized spacial score (nSPS) is 25.7. The number of carbonyl (C=O) groups excluding carboxylic acids is 1. The Morgan fingerprint density at radius 1 is 1.07 bits per heavy atom. The maximum absolute atomic E-state index is 12.9. The highest BCUT2D eigenvalue weighted by Crippen LogP contribution is 2.42. The number of ether oxygens (including phenoxy) is 1. The molecule has 1 aliphatic carbocycles. The predicted octanol–water partition coefficient (Wildman–Crippen LogP) is 3.68. The first-order valence-electron chi connectivity index (χ1n) is 10.3. The van der Waals surface area contributed by atoms with Crippen LogP contribution in [-0.4, -0.2) is 28.3 Å². The van der Waals surface area contributed by atoms with Gasteiger partial charge >= 0.3 is 0 Å². The number of carbonyl (C=O) groups is 1. The van der Waals surface area contributed by atoms with E-state index in [0.717, 1.165) is 18.4 Å². The number of rotatable bonds is 6. The lowest BCUT2D eigenvalue weighted by atomic mass is 9.96. The fraction of sp³-hybridized carbons (Fsp3) is 0.333. The molecule has 1 N–H and O–H groups in total. The van der Waals surface area contributed by atoms with Crippen molar-refractivity contribution in [2.75, 3.05) is 6.61 Å². The lowest BCUT2D eigenvalue weighted by Crippen LogP contribution is -2.34. The minimum absolute atomic E-state index is 0.103. The Morgan fingerprint density at radius 2 is 1.83 bits per heavy atom. The molecule has 5 nitrogen and oxygen atoms in total. The van der Waals surface area contributed by atoms with E-state index in [1.807, 2.05) is 41.3 Å². The lowest BCUT2D eigenvalue weighted by molar-refractivity contribution is -0.126. The highest BCUT2D eigenvalue weighted by atomic mass is 16.5. The molecule has 1 aromatic heterocycles. The average molecular weight is 387 g/mol. The first-order chi connectivity index (χ1) is 14.3. The third kappa shape index (κ3) is 3.96. The number of amides is 1. The molecule has 5 heteroatoms. The standard InChI is InChI=1S/C24H25N3O2/c28-24(26-22-13-21(22)18-9-5-2-6-10-18)20-11-12-29-23(20)19-14-25-27(16-19)15-17-7-3-1-4-8-17/h1-10,14,16,20-23H,11-13,15H2,(H,26,28)/t20-,21?,22?,23+/m0/s1. The zero-order valence-electron chi connectivity index (χ0n) is 16.3. The van der Waals surface area contributed by atoms with E-state index in [0.29, 0.717) is 19.1 Å². The minimum Gasteiger partial charge on any atom is -0.373 e. The number of hydrogen-bond donors (Lipinski definition) is 1. The van der Waals surface area contributed by atoms with Gasteiger partial charge < -0.3 is 10.1 Å². The molecule has 0 bridgehead atoms. The topological polar surface area (TPSA) is 56.1 Å². The van der Waals surface area contributed by atoms with Gasteiger partial charge in [-0.3, -0.25) is 9.48 Å².